The highest BCUT2D eigenvalue weighted by Gasteiger charge is 2.24. The Labute approximate surface area is 57.1 Å². The Kier molecular flexibility index (Phi) is 2.12. The molecule has 9 heavy (non-hydrogen) atoms. The summed E-state index contributed by atoms with van der Waals surface area (Å²) in [7, 11) is 0. The van der Waals surface area contributed by atoms with E-state index in [1.54, 1.807) is 0 Å². The van der Waals surface area contributed by atoms with Crippen molar-refractivity contribution in [1.29, 1.82) is 0 Å². The van der Waals surface area contributed by atoms with Gasteiger partial charge in [0.25, 0.3) is 0 Å². The lowest BCUT2D eigenvalue weighted by Crippen LogP contribution is -2.29. The fraction of sp³-hybridized carbons (Fsp3) is 1.00. The van der Waals surface area contributed by atoms with Crippen molar-refractivity contribution < 1.29 is 5.11 Å². The van der Waals surface area contributed by atoms with Crippen LogP contribution in [0.15, 0.2) is 0 Å². The maximum absolute atomic E-state index is 9.45. The Morgan fingerprint density at radius 3 is 1.89 bits per heavy atom. The molecule has 1 aliphatic carbocycles. The molecule has 0 saturated heterocycles. The zero-order chi connectivity index (χ0) is 6.85. The van der Waals surface area contributed by atoms with Crippen molar-refractivity contribution in [3.05, 3.63) is 0 Å². The quantitative estimate of drug-likeness (QED) is 0.527. The topological polar surface area (TPSA) is 20.2 Å². The van der Waals surface area contributed by atoms with E-state index in [4.69, 9.17) is 0 Å². The van der Waals surface area contributed by atoms with Crippen LogP contribution in [0.2, 0.25) is 0 Å². The van der Waals surface area contributed by atoms with Crippen molar-refractivity contribution in [3.63, 3.8) is 0 Å². The van der Waals surface area contributed by atoms with Crippen LogP contribution in [-0.4, -0.2) is 11.2 Å². The van der Waals surface area contributed by atoms with Crippen LogP contribution in [0, 0.1) is 11.8 Å². The SMILES string of the molecule is C[C@H]1CCC[C@H](C)C1O. The maximum atomic E-state index is 9.45. The van der Waals surface area contributed by atoms with E-state index in [0.29, 0.717) is 11.8 Å². The molecule has 0 aliphatic heterocycles. The first kappa shape index (κ1) is 7.07. The molecule has 1 heteroatoms. The van der Waals surface area contributed by atoms with Crippen LogP contribution in [0.5, 0.6) is 0 Å². The number of rotatable bonds is 0. The van der Waals surface area contributed by atoms with Gasteiger partial charge in [-0.3, -0.25) is 0 Å². The molecular formula is C8H16O. The summed E-state index contributed by atoms with van der Waals surface area (Å²) in [5, 5.41) is 9.45. The lowest BCUT2D eigenvalue weighted by Gasteiger charge is -2.29. The van der Waals surface area contributed by atoms with Gasteiger partial charge in [-0.05, 0) is 24.7 Å². The first-order valence-corrected chi connectivity index (χ1v) is 3.90. The van der Waals surface area contributed by atoms with Crippen molar-refractivity contribution in [2.75, 3.05) is 0 Å². The van der Waals surface area contributed by atoms with Crippen molar-refractivity contribution in [2.24, 2.45) is 11.8 Å². The molecule has 1 rings (SSSR count). The van der Waals surface area contributed by atoms with Crippen molar-refractivity contribution in [1.82, 2.24) is 0 Å². The molecule has 54 valence electrons. The van der Waals surface area contributed by atoms with E-state index < -0.39 is 0 Å². The first-order valence-electron chi connectivity index (χ1n) is 3.90. The number of hydrogen-bond acceptors (Lipinski definition) is 1. The highest BCUT2D eigenvalue weighted by Crippen LogP contribution is 2.28. The van der Waals surface area contributed by atoms with E-state index in [0.717, 1.165) is 0 Å². The molecule has 1 saturated carbocycles. The Balaban J connectivity index is 2.41. The summed E-state index contributed by atoms with van der Waals surface area (Å²) >= 11 is 0. The molecular weight excluding hydrogens is 112 g/mol. The van der Waals surface area contributed by atoms with Crippen molar-refractivity contribution in [2.45, 2.75) is 39.2 Å². The van der Waals surface area contributed by atoms with Gasteiger partial charge in [-0.1, -0.05) is 20.3 Å². The normalized spacial score (nSPS) is 39.0. The smallest absolute Gasteiger partial charge is 0.0591 e. The van der Waals surface area contributed by atoms with Crippen LogP contribution >= 0.6 is 0 Å². The van der Waals surface area contributed by atoms with E-state index in [9.17, 15) is 5.11 Å². The number of hydrogen-bond donors (Lipinski definition) is 1. The zero-order valence-corrected chi connectivity index (χ0v) is 6.30. The molecule has 0 bridgehead atoms. The van der Waals surface area contributed by atoms with E-state index in [-0.39, 0.29) is 6.10 Å². The molecule has 0 aromatic carbocycles. The molecule has 0 unspecified atom stereocenters. The number of aliphatic hydroxyl groups excluding tert-OH is 1. The Morgan fingerprint density at radius 1 is 1.11 bits per heavy atom. The van der Waals surface area contributed by atoms with Crippen LogP contribution < -0.4 is 0 Å². The van der Waals surface area contributed by atoms with E-state index in [1.807, 2.05) is 0 Å². The van der Waals surface area contributed by atoms with Gasteiger partial charge in [0.1, 0.15) is 0 Å². The summed E-state index contributed by atoms with van der Waals surface area (Å²) in [5.74, 6) is 1.07. The van der Waals surface area contributed by atoms with Crippen LogP contribution in [0.1, 0.15) is 33.1 Å². The van der Waals surface area contributed by atoms with Gasteiger partial charge in [0.05, 0.1) is 6.10 Å². The highest BCUT2D eigenvalue weighted by molar-refractivity contribution is 4.75. The highest BCUT2D eigenvalue weighted by atomic mass is 16.3. The minimum absolute atomic E-state index is 0.0289. The van der Waals surface area contributed by atoms with Gasteiger partial charge in [0.2, 0.25) is 0 Å². The van der Waals surface area contributed by atoms with Gasteiger partial charge >= 0.3 is 0 Å². The molecule has 0 aromatic rings. The predicted molar refractivity (Wildman–Crippen MR) is 38.2 cm³/mol. The molecule has 0 heterocycles. The average molecular weight is 128 g/mol. The van der Waals surface area contributed by atoms with E-state index in [2.05, 4.69) is 13.8 Å². The minimum Gasteiger partial charge on any atom is -0.393 e. The summed E-state index contributed by atoms with van der Waals surface area (Å²) in [6.07, 6.45) is 3.70. The molecule has 0 amide bonds. The molecule has 1 N–H and O–H groups in total. The maximum Gasteiger partial charge on any atom is 0.0591 e. The van der Waals surface area contributed by atoms with Crippen LogP contribution in [0.4, 0.5) is 0 Å². The van der Waals surface area contributed by atoms with Gasteiger partial charge in [0.15, 0.2) is 0 Å². The number of aliphatic hydroxyl groups is 1. The molecule has 0 spiro atoms. The molecule has 1 fully saturated rings. The molecule has 1 nitrogen and oxygen atoms in total. The van der Waals surface area contributed by atoms with Crippen LogP contribution in [0.25, 0.3) is 0 Å². The van der Waals surface area contributed by atoms with Crippen molar-refractivity contribution in [3.8, 4) is 0 Å². The largest absolute Gasteiger partial charge is 0.393 e. The summed E-state index contributed by atoms with van der Waals surface area (Å²) in [6, 6.07) is 0. The fourth-order valence-corrected chi connectivity index (χ4v) is 1.66. The predicted octanol–water partition coefficient (Wildman–Crippen LogP) is 1.80. The fourth-order valence-electron chi connectivity index (χ4n) is 1.66. The summed E-state index contributed by atoms with van der Waals surface area (Å²) in [4.78, 5) is 0. The monoisotopic (exact) mass is 128 g/mol. The van der Waals surface area contributed by atoms with Gasteiger partial charge in [-0.15, -0.1) is 0 Å². The lowest BCUT2D eigenvalue weighted by molar-refractivity contribution is 0.0334. The van der Waals surface area contributed by atoms with E-state index in [1.165, 1.54) is 19.3 Å². The third-order valence-electron chi connectivity index (χ3n) is 2.48. The van der Waals surface area contributed by atoms with Crippen LogP contribution in [-0.2, 0) is 0 Å². The Bertz CT molecular complexity index is 80.6. The summed E-state index contributed by atoms with van der Waals surface area (Å²) in [6.45, 7) is 4.28. The zero-order valence-electron chi connectivity index (χ0n) is 6.30. The van der Waals surface area contributed by atoms with Gasteiger partial charge in [-0.2, -0.15) is 0 Å². The first-order chi connectivity index (χ1) is 4.22. The molecule has 0 aromatic heterocycles. The Morgan fingerprint density at radius 2 is 1.56 bits per heavy atom. The summed E-state index contributed by atoms with van der Waals surface area (Å²) < 4.78 is 0. The third-order valence-corrected chi connectivity index (χ3v) is 2.48. The minimum atomic E-state index is -0.0289. The third kappa shape index (κ3) is 1.45. The van der Waals surface area contributed by atoms with Gasteiger partial charge < -0.3 is 5.11 Å². The molecule has 2 atom stereocenters. The second kappa shape index (κ2) is 2.70. The standard InChI is InChI=1S/C8H16O/c1-6-4-3-5-7(2)8(6)9/h6-9H,3-5H2,1-2H3/t6-,7-/m0/s1. The lowest BCUT2D eigenvalue weighted by atomic mass is 9.81. The van der Waals surface area contributed by atoms with Gasteiger partial charge in [-0.25, -0.2) is 0 Å². The molecule has 0 radical (unpaired) electrons. The average Bonchev–Trinajstić information content (AvgIpc) is 1.83. The summed E-state index contributed by atoms with van der Waals surface area (Å²) in [5.41, 5.74) is 0. The molecule has 1 aliphatic rings. The van der Waals surface area contributed by atoms with Crippen LogP contribution in [0.3, 0.4) is 0 Å². The van der Waals surface area contributed by atoms with Crippen molar-refractivity contribution >= 4 is 0 Å². The second-order valence-electron chi connectivity index (χ2n) is 3.38. The van der Waals surface area contributed by atoms with E-state index >= 15 is 0 Å². The second-order valence-corrected chi connectivity index (χ2v) is 3.38. The van der Waals surface area contributed by atoms with Gasteiger partial charge in [0, 0.05) is 0 Å². The Hall–Kier alpha value is -0.0400.